The van der Waals surface area contributed by atoms with Gasteiger partial charge in [0, 0.05) is 17.8 Å². The zero-order chi connectivity index (χ0) is 16.5. The first-order valence-electron chi connectivity index (χ1n) is 7.19. The molecule has 1 heterocycles. The average molecular weight is 372 g/mol. The molecule has 4 nitrogen and oxygen atoms in total. The van der Waals surface area contributed by atoms with Gasteiger partial charge >= 0.3 is 6.18 Å². The highest BCUT2D eigenvalue weighted by atomic mass is 35.5. The summed E-state index contributed by atoms with van der Waals surface area (Å²) in [4.78, 5) is 15.7. The van der Waals surface area contributed by atoms with Gasteiger partial charge in [0.1, 0.15) is 5.01 Å². The van der Waals surface area contributed by atoms with Crippen molar-refractivity contribution < 1.29 is 18.0 Å². The van der Waals surface area contributed by atoms with Crippen LogP contribution in [0.2, 0.25) is 0 Å². The number of alkyl halides is 3. The molecule has 1 aromatic rings. The van der Waals surface area contributed by atoms with Crippen molar-refractivity contribution in [2.75, 3.05) is 0 Å². The minimum absolute atomic E-state index is 0. The third-order valence-electron chi connectivity index (χ3n) is 3.95. The van der Waals surface area contributed by atoms with Gasteiger partial charge in [-0.15, -0.1) is 23.7 Å². The van der Waals surface area contributed by atoms with Gasteiger partial charge in [-0.05, 0) is 32.6 Å². The zero-order valence-electron chi connectivity index (χ0n) is 12.9. The molecule has 2 atom stereocenters. The summed E-state index contributed by atoms with van der Waals surface area (Å²) < 4.78 is 37.8. The van der Waals surface area contributed by atoms with Crippen LogP contribution in [0, 0.1) is 5.92 Å². The van der Waals surface area contributed by atoms with E-state index in [1.807, 2.05) is 0 Å². The zero-order valence-corrected chi connectivity index (χ0v) is 14.6. The Labute approximate surface area is 143 Å². The Morgan fingerprint density at radius 2 is 2.09 bits per heavy atom. The van der Waals surface area contributed by atoms with Crippen molar-refractivity contribution in [3.05, 3.63) is 16.1 Å². The number of rotatable bonds is 4. The topological polar surface area (TPSA) is 68.0 Å². The lowest BCUT2D eigenvalue weighted by atomic mass is 9.98. The van der Waals surface area contributed by atoms with Crippen LogP contribution in [-0.4, -0.2) is 16.9 Å². The number of carbonyl (C=O) groups excluding carboxylic acids is 1. The second-order valence-electron chi connectivity index (χ2n) is 6.27. The molecular weight excluding hydrogens is 351 g/mol. The van der Waals surface area contributed by atoms with E-state index in [0.717, 1.165) is 36.0 Å². The van der Waals surface area contributed by atoms with Crippen LogP contribution in [0.1, 0.15) is 50.2 Å². The maximum absolute atomic E-state index is 12.6. The molecule has 9 heteroatoms. The van der Waals surface area contributed by atoms with Gasteiger partial charge in [0.25, 0.3) is 0 Å². The lowest BCUT2D eigenvalue weighted by Crippen LogP contribution is -2.42. The number of carbonyl (C=O) groups is 1. The van der Waals surface area contributed by atoms with Crippen LogP contribution in [0.25, 0.3) is 0 Å². The standard InChI is InChI=1S/C14H20F3N3OS.ClH/c1-13(2,12-19-10(7-22-12)14(15,16)17)20-11(21)6-8-4-3-5-9(8)18;/h7-9H,3-6,18H2,1-2H3,(H,20,21);1H/t8-,9+;/m0./s1. The van der Waals surface area contributed by atoms with Crippen molar-refractivity contribution in [3.8, 4) is 0 Å². The molecule has 1 amide bonds. The van der Waals surface area contributed by atoms with Crippen LogP contribution in [0.3, 0.4) is 0 Å². The molecule has 2 rings (SSSR count). The van der Waals surface area contributed by atoms with Gasteiger partial charge in [-0.25, -0.2) is 4.98 Å². The molecule has 132 valence electrons. The molecule has 23 heavy (non-hydrogen) atoms. The van der Waals surface area contributed by atoms with Crippen molar-refractivity contribution in [2.45, 2.75) is 57.3 Å². The molecule has 0 radical (unpaired) electrons. The van der Waals surface area contributed by atoms with Gasteiger partial charge in [0.2, 0.25) is 5.91 Å². The van der Waals surface area contributed by atoms with Crippen molar-refractivity contribution in [3.63, 3.8) is 0 Å². The Morgan fingerprint density at radius 3 is 2.57 bits per heavy atom. The van der Waals surface area contributed by atoms with Gasteiger partial charge in [-0.1, -0.05) is 6.42 Å². The summed E-state index contributed by atoms with van der Waals surface area (Å²) in [6.07, 6.45) is -1.30. The molecule has 1 saturated carbocycles. The fourth-order valence-corrected chi connectivity index (χ4v) is 3.61. The Morgan fingerprint density at radius 1 is 1.43 bits per heavy atom. The number of hydrogen-bond acceptors (Lipinski definition) is 4. The molecule has 1 aromatic heterocycles. The largest absolute Gasteiger partial charge is 0.434 e. The van der Waals surface area contributed by atoms with E-state index in [1.165, 1.54) is 0 Å². The number of nitrogens with zero attached hydrogens (tertiary/aromatic N) is 1. The minimum atomic E-state index is -4.47. The van der Waals surface area contributed by atoms with E-state index in [0.29, 0.717) is 6.42 Å². The molecule has 0 saturated heterocycles. The van der Waals surface area contributed by atoms with E-state index in [-0.39, 0.29) is 35.3 Å². The van der Waals surface area contributed by atoms with Crippen LogP contribution in [0.5, 0.6) is 0 Å². The number of amides is 1. The number of aromatic nitrogens is 1. The molecule has 1 aliphatic carbocycles. The van der Waals surface area contributed by atoms with Crippen LogP contribution in [-0.2, 0) is 16.5 Å². The monoisotopic (exact) mass is 371 g/mol. The van der Waals surface area contributed by atoms with Crippen LogP contribution >= 0.6 is 23.7 Å². The number of nitrogens with two attached hydrogens (primary N) is 1. The molecule has 1 fully saturated rings. The van der Waals surface area contributed by atoms with Crippen molar-refractivity contribution in [1.82, 2.24) is 10.3 Å². The number of hydrogen-bond donors (Lipinski definition) is 2. The highest BCUT2D eigenvalue weighted by Crippen LogP contribution is 2.33. The fourth-order valence-electron chi connectivity index (χ4n) is 2.70. The normalized spacial score (nSPS) is 21.8. The van der Waals surface area contributed by atoms with E-state index >= 15 is 0 Å². The van der Waals surface area contributed by atoms with Gasteiger partial charge < -0.3 is 11.1 Å². The first kappa shape index (κ1) is 20.2. The van der Waals surface area contributed by atoms with Crippen LogP contribution < -0.4 is 11.1 Å². The maximum Gasteiger partial charge on any atom is 0.434 e. The molecule has 0 aromatic carbocycles. The second-order valence-corrected chi connectivity index (χ2v) is 7.13. The average Bonchev–Trinajstić information content (AvgIpc) is 2.98. The third-order valence-corrected chi connectivity index (χ3v) is 5.11. The highest BCUT2D eigenvalue weighted by molar-refractivity contribution is 7.09. The van der Waals surface area contributed by atoms with Gasteiger partial charge in [-0.2, -0.15) is 13.2 Å². The summed E-state index contributed by atoms with van der Waals surface area (Å²) in [6, 6.07) is 0.0329. The molecule has 0 aliphatic heterocycles. The molecule has 0 unspecified atom stereocenters. The lowest BCUT2D eigenvalue weighted by Gasteiger charge is -2.25. The van der Waals surface area contributed by atoms with E-state index in [1.54, 1.807) is 13.8 Å². The van der Waals surface area contributed by atoms with E-state index < -0.39 is 17.4 Å². The molecule has 0 spiro atoms. The highest BCUT2D eigenvalue weighted by Gasteiger charge is 2.36. The predicted molar refractivity (Wildman–Crippen MR) is 85.5 cm³/mol. The predicted octanol–water partition coefficient (Wildman–Crippen LogP) is 3.45. The smallest absolute Gasteiger partial charge is 0.345 e. The lowest BCUT2D eigenvalue weighted by molar-refractivity contribution is -0.140. The van der Waals surface area contributed by atoms with E-state index in [4.69, 9.17) is 5.73 Å². The first-order valence-corrected chi connectivity index (χ1v) is 8.07. The van der Waals surface area contributed by atoms with Gasteiger partial charge in [0.05, 0.1) is 5.54 Å². The van der Waals surface area contributed by atoms with Crippen molar-refractivity contribution in [2.24, 2.45) is 11.7 Å². The van der Waals surface area contributed by atoms with Crippen molar-refractivity contribution in [1.29, 1.82) is 0 Å². The third kappa shape index (κ3) is 5.06. The first-order chi connectivity index (χ1) is 10.1. The molecular formula is C14H21ClF3N3OS. The van der Waals surface area contributed by atoms with Gasteiger partial charge in [0.15, 0.2) is 5.69 Å². The Bertz CT molecular complexity index is 548. The summed E-state index contributed by atoms with van der Waals surface area (Å²) in [6.45, 7) is 3.30. The summed E-state index contributed by atoms with van der Waals surface area (Å²) >= 11 is 0.898. The van der Waals surface area contributed by atoms with Gasteiger partial charge in [-0.3, -0.25) is 4.79 Å². The Balaban J connectivity index is 0.00000264. The summed E-state index contributed by atoms with van der Waals surface area (Å²) in [5.74, 6) is -0.0473. The SMILES string of the molecule is CC(C)(NC(=O)C[C@@H]1CCC[C@H]1N)c1nc(C(F)(F)F)cs1.Cl. The molecule has 0 bridgehead atoms. The quantitative estimate of drug-likeness (QED) is 0.851. The second kappa shape index (κ2) is 7.36. The van der Waals surface area contributed by atoms with Crippen molar-refractivity contribution >= 4 is 29.7 Å². The maximum atomic E-state index is 12.6. The number of thiazole rings is 1. The molecule has 1 aliphatic rings. The Hall–Kier alpha value is -0.860. The summed E-state index contributed by atoms with van der Waals surface area (Å²) in [5.41, 5.74) is 4.08. The van der Waals surface area contributed by atoms with E-state index in [9.17, 15) is 18.0 Å². The van der Waals surface area contributed by atoms with E-state index in [2.05, 4.69) is 10.3 Å². The summed E-state index contributed by atoms with van der Waals surface area (Å²) in [5, 5.41) is 3.98. The number of nitrogens with one attached hydrogen (secondary N) is 1. The number of halogens is 4. The Kier molecular flexibility index (Phi) is 6.46. The van der Waals surface area contributed by atoms with Crippen LogP contribution in [0.4, 0.5) is 13.2 Å². The fraction of sp³-hybridized carbons (Fsp3) is 0.714. The molecule has 3 N–H and O–H groups in total. The summed E-state index contributed by atoms with van der Waals surface area (Å²) in [7, 11) is 0. The minimum Gasteiger partial charge on any atom is -0.345 e. The van der Waals surface area contributed by atoms with Crippen LogP contribution in [0.15, 0.2) is 5.38 Å².